The summed E-state index contributed by atoms with van der Waals surface area (Å²) in [6.07, 6.45) is 2.04. The second-order valence-corrected chi connectivity index (χ2v) is 2.35. The summed E-state index contributed by atoms with van der Waals surface area (Å²) in [5.74, 6) is -0.976. The topological polar surface area (TPSA) is 72.2 Å². The van der Waals surface area contributed by atoms with Gasteiger partial charge in [0, 0.05) is 6.20 Å². The molecule has 0 bridgehead atoms. The fourth-order valence-corrected chi connectivity index (χ4v) is 0.744. The lowest BCUT2D eigenvalue weighted by Gasteiger charge is -2.04. The number of hydrogen-bond donors (Lipinski definition) is 1. The van der Waals surface area contributed by atoms with Crippen molar-refractivity contribution in [2.45, 2.75) is 13.0 Å². The van der Waals surface area contributed by atoms with Gasteiger partial charge in [0.1, 0.15) is 11.7 Å². The molecule has 1 aromatic rings. The number of carbonyl (C=O) groups excluding carboxylic acids is 1. The highest BCUT2D eigenvalue weighted by Gasteiger charge is 2.13. The third-order valence-corrected chi connectivity index (χ3v) is 1.50. The van der Waals surface area contributed by atoms with Gasteiger partial charge in [0.25, 0.3) is 0 Å². The molecule has 0 fully saturated rings. The van der Waals surface area contributed by atoms with Gasteiger partial charge >= 0.3 is 5.97 Å². The van der Waals surface area contributed by atoms with E-state index in [1.807, 2.05) is 0 Å². The second kappa shape index (κ2) is 3.17. The third kappa shape index (κ3) is 1.50. The Morgan fingerprint density at radius 3 is 2.92 bits per heavy atom. The van der Waals surface area contributed by atoms with Crippen LogP contribution in [0.5, 0.6) is 0 Å². The molecule has 5 heteroatoms. The highest BCUT2D eigenvalue weighted by atomic mass is 16.4. The predicted molar refractivity (Wildman–Crippen MR) is 40.0 cm³/mol. The molecule has 1 rings (SSSR count). The molecule has 1 N–H and O–H groups in total. The summed E-state index contributed by atoms with van der Waals surface area (Å²) in [6.45, 7) is 1.49. The fraction of sp³-hybridized carbons (Fsp3) is 0.286. The Balaban J connectivity index is 2.88. The maximum Gasteiger partial charge on any atom is 0.328 e. The Morgan fingerprint density at radius 2 is 2.50 bits per heavy atom. The van der Waals surface area contributed by atoms with Gasteiger partial charge in [-0.3, -0.25) is 9.48 Å². The molecule has 0 aliphatic heterocycles. The first kappa shape index (κ1) is 8.45. The average Bonchev–Trinajstić information content (AvgIpc) is 2.50. The van der Waals surface area contributed by atoms with Crippen LogP contribution in [0.1, 0.15) is 23.5 Å². The highest BCUT2D eigenvalue weighted by Crippen LogP contribution is 2.03. The van der Waals surface area contributed by atoms with Crippen LogP contribution in [0.4, 0.5) is 0 Å². The van der Waals surface area contributed by atoms with Crippen molar-refractivity contribution in [3.8, 4) is 0 Å². The van der Waals surface area contributed by atoms with E-state index in [1.165, 1.54) is 23.9 Å². The van der Waals surface area contributed by atoms with E-state index >= 15 is 0 Å². The Bertz CT molecular complexity index is 305. The van der Waals surface area contributed by atoms with Crippen LogP contribution in [0.15, 0.2) is 12.3 Å². The van der Waals surface area contributed by atoms with E-state index in [2.05, 4.69) is 5.10 Å². The van der Waals surface area contributed by atoms with Crippen LogP contribution in [0.3, 0.4) is 0 Å². The number of nitrogens with zero attached hydrogens (tertiary/aromatic N) is 2. The van der Waals surface area contributed by atoms with E-state index in [4.69, 9.17) is 5.11 Å². The quantitative estimate of drug-likeness (QED) is 0.660. The summed E-state index contributed by atoms with van der Waals surface area (Å²) in [5.41, 5.74) is 0.239. The molecule has 12 heavy (non-hydrogen) atoms. The zero-order valence-corrected chi connectivity index (χ0v) is 6.47. The van der Waals surface area contributed by atoms with Gasteiger partial charge in [0.15, 0.2) is 6.29 Å². The molecule has 5 nitrogen and oxygen atoms in total. The van der Waals surface area contributed by atoms with Crippen molar-refractivity contribution in [2.24, 2.45) is 0 Å². The van der Waals surface area contributed by atoms with Crippen molar-refractivity contribution in [1.82, 2.24) is 9.78 Å². The van der Waals surface area contributed by atoms with Crippen molar-refractivity contribution in [3.05, 3.63) is 18.0 Å². The van der Waals surface area contributed by atoms with Gasteiger partial charge in [-0.25, -0.2) is 4.79 Å². The summed E-state index contributed by atoms with van der Waals surface area (Å²) < 4.78 is 1.23. The highest BCUT2D eigenvalue weighted by molar-refractivity contribution is 5.73. The van der Waals surface area contributed by atoms with Crippen LogP contribution < -0.4 is 0 Å². The molecular formula is C7H8N2O3. The number of rotatable bonds is 3. The molecular weight excluding hydrogens is 160 g/mol. The average molecular weight is 168 g/mol. The molecule has 0 aromatic carbocycles. The van der Waals surface area contributed by atoms with Gasteiger partial charge in [-0.15, -0.1) is 0 Å². The smallest absolute Gasteiger partial charge is 0.328 e. The lowest BCUT2D eigenvalue weighted by atomic mass is 10.4. The Hall–Kier alpha value is -1.65. The van der Waals surface area contributed by atoms with Crippen molar-refractivity contribution >= 4 is 12.3 Å². The number of carboxylic acid groups (broad SMARTS) is 1. The standard InChI is InChI=1S/C7H8N2O3/c1-5(7(11)12)9-3-2-6(4-10)8-9/h2-5H,1H3,(H,11,12). The molecule has 1 aromatic heterocycles. The van der Waals surface area contributed by atoms with Crippen LogP contribution in [-0.2, 0) is 4.79 Å². The van der Waals surface area contributed by atoms with Gasteiger partial charge < -0.3 is 5.11 Å². The molecule has 0 aliphatic rings. The number of carbonyl (C=O) groups is 2. The Labute approximate surface area is 68.6 Å². The number of aliphatic carboxylic acids is 1. The van der Waals surface area contributed by atoms with Crippen LogP contribution >= 0.6 is 0 Å². The minimum Gasteiger partial charge on any atom is -0.480 e. The third-order valence-electron chi connectivity index (χ3n) is 1.50. The lowest BCUT2D eigenvalue weighted by molar-refractivity contribution is -0.140. The van der Waals surface area contributed by atoms with Crippen molar-refractivity contribution < 1.29 is 14.7 Å². The second-order valence-electron chi connectivity index (χ2n) is 2.35. The van der Waals surface area contributed by atoms with Crippen molar-refractivity contribution in [2.75, 3.05) is 0 Å². The maximum absolute atomic E-state index is 10.4. The van der Waals surface area contributed by atoms with Gasteiger partial charge in [0.05, 0.1) is 0 Å². The zero-order chi connectivity index (χ0) is 9.14. The molecule has 1 atom stereocenters. The first-order valence-electron chi connectivity index (χ1n) is 3.38. The van der Waals surface area contributed by atoms with E-state index in [0.29, 0.717) is 6.29 Å². The summed E-state index contributed by atoms with van der Waals surface area (Å²) in [5, 5.41) is 12.3. The molecule has 0 saturated carbocycles. The van der Waals surface area contributed by atoms with Crippen LogP contribution in [-0.4, -0.2) is 27.1 Å². The Morgan fingerprint density at radius 1 is 1.83 bits per heavy atom. The summed E-state index contributed by atoms with van der Waals surface area (Å²) in [4.78, 5) is 20.6. The van der Waals surface area contributed by atoms with E-state index < -0.39 is 12.0 Å². The molecule has 0 radical (unpaired) electrons. The van der Waals surface area contributed by atoms with Crippen molar-refractivity contribution in [3.63, 3.8) is 0 Å². The minimum absolute atomic E-state index is 0.239. The predicted octanol–water partition coefficient (Wildman–Crippen LogP) is 0.341. The van der Waals surface area contributed by atoms with Gasteiger partial charge in [-0.1, -0.05) is 0 Å². The molecule has 1 heterocycles. The van der Waals surface area contributed by atoms with Crippen LogP contribution in [0.2, 0.25) is 0 Å². The molecule has 1 unspecified atom stereocenters. The number of carboxylic acids is 1. The summed E-state index contributed by atoms with van der Waals surface area (Å²) in [7, 11) is 0. The van der Waals surface area contributed by atoms with E-state index in [1.54, 1.807) is 0 Å². The van der Waals surface area contributed by atoms with Crippen molar-refractivity contribution in [1.29, 1.82) is 0 Å². The number of aldehydes is 1. The molecule has 64 valence electrons. The van der Waals surface area contributed by atoms with Gasteiger partial charge in [0.2, 0.25) is 0 Å². The first-order valence-corrected chi connectivity index (χ1v) is 3.38. The SMILES string of the molecule is CC(C(=O)O)n1ccc(C=O)n1. The number of hydrogen-bond acceptors (Lipinski definition) is 3. The summed E-state index contributed by atoms with van der Waals surface area (Å²) in [6, 6.07) is 0.727. The van der Waals surface area contributed by atoms with Gasteiger partial charge in [-0.05, 0) is 13.0 Å². The van der Waals surface area contributed by atoms with E-state index in [0.717, 1.165) is 0 Å². The fourth-order valence-electron chi connectivity index (χ4n) is 0.744. The largest absolute Gasteiger partial charge is 0.480 e. The van der Waals surface area contributed by atoms with Crippen LogP contribution in [0, 0.1) is 0 Å². The zero-order valence-electron chi connectivity index (χ0n) is 6.47. The maximum atomic E-state index is 10.4. The van der Waals surface area contributed by atoms with E-state index in [-0.39, 0.29) is 5.69 Å². The Kier molecular flexibility index (Phi) is 2.23. The molecule has 0 aliphatic carbocycles. The monoisotopic (exact) mass is 168 g/mol. The minimum atomic E-state index is -0.976. The molecule has 0 saturated heterocycles. The first-order chi connectivity index (χ1) is 5.65. The summed E-state index contributed by atoms with van der Waals surface area (Å²) >= 11 is 0. The number of aromatic nitrogens is 2. The van der Waals surface area contributed by atoms with E-state index in [9.17, 15) is 9.59 Å². The van der Waals surface area contributed by atoms with Gasteiger partial charge in [-0.2, -0.15) is 5.10 Å². The molecule has 0 amide bonds. The molecule has 0 spiro atoms. The lowest BCUT2D eigenvalue weighted by Crippen LogP contribution is -2.16. The van der Waals surface area contributed by atoms with Crippen LogP contribution in [0.25, 0.3) is 0 Å². The normalized spacial score (nSPS) is 12.4.